The van der Waals surface area contributed by atoms with Gasteiger partial charge in [0.1, 0.15) is 11.6 Å². The van der Waals surface area contributed by atoms with Crippen molar-refractivity contribution in [1.82, 2.24) is 4.90 Å². The summed E-state index contributed by atoms with van der Waals surface area (Å²) in [5.41, 5.74) is 0.896. The summed E-state index contributed by atoms with van der Waals surface area (Å²) in [7, 11) is 0. The normalized spacial score (nSPS) is 22.2. The Morgan fingerprint density at radius 2 is 1.91 bits per heavy atom. The van der Waals surface area contributed by atoms with Gasteiger partial charge in [0.05, 0.1) is 5.57 Å². The summed E-state index contributed by atoms with van der Waals surface area (Å²) in [6.07, 6.45) is 1.83. The van der Waals surface area contributed by atoms with Crippen molar-refractivity contribution < 1.29 is 14.3 Å². The lowest BCUT2D eigenvalue weighted by Crippen LogP contribution is -2.46. The van der Waals surface area contributed by atoms with Gasteiger partial charge in [-0.3, -0.25) is 4.79 Å². The van der Waals surface area contributed by atoms with Crippen LogP contribution in [0.3, 0.4) is 0 Å². The minimum Gasteiger partial charge on any atom is -0.511 e. The maximum atomic E-state index is 13.0. The predicted molar refractivity (Wildman–Crippen MR) is 89.3 cm³/mol. The van der Waals surface area contributed by atoms with Crippen molar-refractivity contribution in [3.63, 3.8) is 0 Å². The number of aliphatic hydroxyl groups excluding tert-OH is 1. The molecule has 1 atom stereocenters. The molecule has 1 N–H and O–H groups in total. The van der Waals surface area contributed by atoms with Crippen LogP contribution in [0.25, 0.3) is 0 Å². The minimum absolute atomic E-state index is 0.145. The largest absolute Gasteiger partial charge is 0.511 e. The molecule has 4 heteroatoms. The Labute approximate surface area is 137 Å². The van der Waals surface area contributed by atoms with Gasteiger partial charge in [0, 0.05) is 18.5 Å². The zero-order chi connectivity index (χ0) is 17.2. The van der Waals surface area contributed by atoms with Gasteiger partial charge < -0.3 is 10.0 Å². The van der Waals surface area contributed by atoms with Gasteiger partial charge in [-0.05, 0) is 43.4 Å². The molecule has 1 aliphatic heterocycles. The zero-order valence-electron chi connectivity index (χ0n) is 14.4. The molecule has 1 aromatic carbocycles. The van der Waals surface area contributed by atoms with E-state index in [1.54, 1.807) is 24.0 Å². The Kier molecular flexibility index (Phi) is 5.12. The second kappa shape index (κ2) is 6.73. The first-order valence-corrected chi connectivity index (χ1v) is 8.17. The molecule has 0 aliphatic carbocycles. The van der Waals surface area contributed by atoms with Crippen molar-refractivity contribution in [1.29, 1.82) is 0 Å². The highest BCUT2D eigenvalue weighted by Gasteiger charge is 2.40. The van der Waals surface area contributed by atoms with Crippen LogP contribution in [0.1, 0.15) is 46.1 Å². The molecule has 1 aromatic rings. The van der Waals surface area contributed by atoms with Crippen molar-refractivity contribution >= 4 is 5.91 Å². The van der Waals surface area contributed by atoms with E-state index in [2.05, 4.69) is 13.8 Å². The maximum absolute atomic E-state index is 13.0. The number of benzene rings is 1. The highest BCUT2D eigenvalue weighted by atomic mass is 19.1. The molecule has 126 valence electrons. The van der Waals surface area contributed by atoms with Crippen LogP contribution in [0, 0.1) is 17.2 Å². The number of amides is 1. The first kappa shape index (κ1) is 17.5. The topological polar surface area (TPSA) is 40.5 Å². The van der Waals surface area contributed by atoms with E-state index < -0.39 is 5.41 Å². The van der Waals surface area contributed by atoms with Gasteiger partial charge in [-0.2, -0.15) is 0 Å². The Morgan fingerprint density at radius 1 is 1.30 bits per heavy atom. The molecule has 0 spiro atoms. The summed E-state index contributed by atoms with van der Waals surface area (Å²) in [4.78, 5) is 14.2. The first-order chi connectivity index (χ1) is 10.7. The van der Waals surface area contributed by atoms with Crippen molar-refractivity contribution in [3.8, 4) is 0 Å². The van der Waals surface area contributed by atoms with E-state index in [0.717, 1.165) is 18.4 Å². The molecule has 0 saturated carbocycles. The molecular weight excluding hydrogens is 293 g/mol. The molecule has 1 aliphatic rings. The van der Waals surface area contributed by atoms with Crippen LogP contribution in [0.2, 0.25) is 0 Å². The van der Waals surface area contributed by atoms with E-state index in [1.807, 2.05) is 6.92 Å². The minimum atomic E-state index is -0.414. The van der Waals surface area contributed by atoms with Crippen LogP contribution in [0.4, 0.5) is 4.39 Å². The number of carbonyl (C=O) groups excluding carboxylic acids is 1. The first-order valence-electron chi connectivity index (χ1n) is 8.17. The molecule has 0 bridgehead atoms. The van der Waals surface area contributed by atoms with E-state index in [4.69, 9.17) is 0 Å². The van der Waals surface area contributed by atoms with Crippen molar-refractivity contribution in [2.24, 2.45) is 11.3 Å². The summed E-state index contributed by atoms with van der Waals surface area (Å²) in [6.45, 7) is 8.92. The van der Waals surface area contributed by atoms with E-state index in [1.165, 1.54) is 12.1 Å². The Balaban J connectivity index is 2.21. The monoisotopic (exact) mass is 319 g/mol. The number of hydrogen-bond acceptors (Lipinski definition) is 2. The highest BCUT2D eigenvalue weighted by molar-refractivity contribution is 5.94. The van der Waals surface area contributed by atoms with Crippen molar-refractivity contribution in [2.45, 2.75) is 47.1 Å². The molecule has 0 fully saturated rings. The number of carbonyl (C=O) groups is 1. The van der Waals surface area contributed by atoms with Crippen LogP contribution < -0.4 is 0 Å². The molecule has 1 heterocycles. The second-order valence-corrected chi connectivity index (χ2v) is 7.25. The van der Waals surface area contributed by atoms with Gasteiger partial charge in [-0.25, -0.2) is 4.39 Å². The van der Waals surface area contributed by atoms with Gasteiger partial charge in [-0.1, -0.05) is 32.9 Å². The molecule has 3 nitrogen and oxygen atoms in total. The quantitative estimate of drug-likeness (QED) is 0.871. The lowest BCUT2D eigenvalue weighted by atomic mass is 9.77. The third kappa shape index (κ3) is 3.92. The predicted octanol–water partition coefficient (Wildman–Crippen LogP) is 4.44. The summed E-state index contributed by atoms with van der Waals surface area (Å²) in [5.74, 6) is 0.338. The number of aliphatic hydroxyl groups is 1. The SMILES string of the molecule is CC1=C(O)C(C)(CCC(C)C)CN(Cc2ccc(F)cc2)C1=O. The summed E-state index contributed by atoms with van der Waals surface area (Å²) in [5, 5.41) is 10.5. The van der Waals surface area contributed by atoms with E-state index >= 15 is 0 Å². The molecule has 0 saturated heterocycles. The maximum Gasteiger partial charge on any atom is 0.253 e. The molecule has 1 amide bonds. The Bertz CT molecular complexity index is 606. The van der Waals surface area contributed by atoms with Crippen LogP contribution in [-0.4, -0.2) is 22.5 Å². The molecule has 1 unspecified atom stereocenters. The Hall–Kier alpha value is -1.84. The smallest absolute Gasteiger partial charge is 0.253 e. The molecule has 0 aromatic heterocycles. The van der Waals surface area contributed by atoms with Gasteiger partial charge >= 0.3 is 0 Å². The standard InChI is InChI=1S/C19H26FNO2/c1-13(2)9-10-19(4)12-21(18(23)14(3)17(19)22)11-15-5-7-16(20)8-6-15/h5-8,13,22H,9-12H2,1-4H3. The van der Waals surface area contributed by atoms with E-state index in [0.29, 0.717) is 24.6 Å². The van der Waals surface area contributed by atoms with Gasteiger partial charge in [0.15, 0.2) is 0 Å². The fourth-order valence-electron chi connectivity index (χ4n) is 3.10. The molecule has 2 rings (SSSR count). The lowest BCUT2D eigenvalue weighted by Gasteiger charge is -2.40. The summed E-state index contributed by atoms with van der Waals surface area (Å²) in [6, 6.07) is 6.20. The zero-order valence-corrected chi connectivity index (χ0v) is 14.4. The third-order valence-corrected chi connectivity index (χ3v) is 4.63. The fourth-order valence-corrected chi connectivity index (χ4v) is 3.10. The molecular formula is C19H26FNO2. The van der Waals surface area contributed by atoms with E-state index in [9.17, 15) is 14.3 Å². The van der Waals surface area contributed by atoms with Crippen LogP contribution in [0.5, 0.6) is 0 Å². The molecule has 0 radical (unpaired) electrons. The van der Waals surface area contributed by atoms with Crippen LogP contribution >= 0.6 is 0 Å². The van der Waals surface area contributed by atoms with Crippen LogP contribution in [-0.2, 0) is 11.3 Å². The summed E-state index contributed by atoms with van der Waals surface area (Å²) >= 11 is 0. The average Bonchev–Trinajstić information content (AvgIpc) is 2.51. The number of nitrogens with zero attached hydrogens (tertiary/aromatic N) is 1. The highest BCUT2D eigenvalue weighted by Crippen LogP contribution is 2.39. The third-order valence-electron chi connectivity index (χ3n) is 4.63. The van der Waals surface area contributed by atoms with E-state index in [-0.39, 0.29) is 17.5 Å². The van der Waals surface area contributed by atoms with Gasteiger partial charge in [0.2, 0.25) is 0 Å². The number of hydrogen-bond donors (Lipinski definition) is 1. The number of halogens is 1. The fraction of sp³-hybridized carbons (Fsp3) is 0.526. The second-order valence-electron chi connectivity index (χ2n) is 7.25. The lowest BCUT2D eigenvalue weighted by molar-refractivity contribution is -0.131. The van der Waals surface area contributed by atoms with Gasteiger partial charge in [-0.15, -0.1) is 0 Å². The van der Waals surface area contributed by atoms with Gasteiger partial charge in [0.25, 0.3) is 5.91 Å². The van der Waals surface area contributed by atoms with Crippen LogP contribution in [0.15, 0.2) is 35.6 Å². The van der Waals surface area contributed by atoms with Crippen molar-refractivity contribution in [3.05, 3.63) is 47.0 Å². The van der Waals surface area contributed by atoms with Crippen molar-refractivity contribution in [2.75, 3.05) is 6.54 Å². The average molecular weight is 319 g/mol. The Morgan fingerprint density at radius 3 is 2.48 bits per heavy atom. The summed E-state index contributed by atoms with van der Waals surface area (Å²) < 4.78 is 13.0. The molecule has 23 heavy (non-hydrogen) atoms. The number of rotatable bonds is 5.